The molecule has 0 amide bonds. The van der Waals surface area contributed by atoms with Crippen molar-refractivity contribution in [2.75, 3.05) is 19.6 Å². The molecular formula is C9H18N2O. The summed E-state index contributed by atoms with van der Waals surface area (Å²) in [7, 11) is 0. The second-order valence-electron chi connectivity index (χ2n) is 3.60. The zero-order valence-electron chi connectivity index (χ0n) is 8.13. The van der Waals surface area contributed by atoms with Crippen molar-refractivity contribution < 1.29 is 4.79 Å². The number of rotatable bonds is 3. The van der Waals surface area contributed by atoms with Crippen LogP contribution in [0.3, 0.4) is 0 Å². The molecule has 0 radical (unpaired) electrons. The molecule has 1 aliphatic rings. The summed E-state index contributed by atoms with van der Waals surface area (Å²) in [5.41, 5.74) is 0. The number of likely N-dealkylation sites (tertiary alicyclic amines) is 1. The molecular weight excluding hydrogens is 152 g/mol. The highest BCUT2D eigenvalue weighted by Gasteiger charge is 2.30. The molecule has 1 saturated heterocycles. The van der Waals surface area contributed by atoms with E-state index in [0.717, 1.165) is 13.1 Å². The fourth-order valence-corrected chi connectivity index (χ4v) is 1.53. The molecule has 0 aromatic heterocycles. The zero-order valence-corrected chi connectivity index (χ0v) is 8.13. The van der Waals surface area contributed by atoms with Gasteiger partial charge in [-0.15, -0.1) is 0 Å². The van der Waals surface area contributed by atoms with Gasteiger partial charge in [0.2, 0.25) is 0 Å². The Balaban J connectivity index is 2.44. The van der Waals surface area contributed by atoms with Crippen LogP contribution < -0.4 is 5.32 Å². The Labute approximate surface area is 74.1 Å². The molecule has 1 N–H and O–H groups in total. The third kappa shape index (κ3) is 2.05. The van der Waals surface area contributed by atoms with Crippen molar-refractivity contribution >= 4 is 5.78 Å². The first-order chi connectivity index (χ1) is 5.65. The first-order valence-electron chi connectivity index (χ1n) is 4.65. The van der Waals surface area contributed by atoms with Gasteiger partial charge in [-0.3, -0.25) is 9.69 Å². The van der Waals surface area contributed by atoms with Gasteiger partial charge in [-0.05, 0) is 20.4 Å². The second-order valence-corrected chi connectivity index (χ2v) is 3.60. The van der Waals surface area contributed by atoms with Crippen molar-refractivity contribution in [3.05, 3.63) is 0 Å². The first kappa shape index (κ1) is 9.68. The van der Waals surface area contributed by atoms with E-state index in [4.69, 9.17) is 0 Å². The van der Waals surface area contributed by atoms with E-state index in [1.165, 1.54) is 0 Å². The van der Waals surface area contributed by atoms with Gasteiger partial charge in [-0.1, -0.05) is 6.92 Å². The second kappa shape index (κ2) is 4.01. The quantitative estimate of drug-likeness (QED) is 0.659. The standard InChI is InChI=1S/C9H18N2O/c1-4-10-8-5-11(7(2)3)6-9(8)12/h7-8,10H,4-6H2,1-3H3/t8-/m0/s1. The summed E-state index contributed by atoms with van der Waals surface area (Å²) in [4.78, 5) is 13.6. The largest absolute Gasteiger partial charge is 0.307 e. The van der Waals surface area contributed by atoms with Crippen LogP contribution in [0.5, 0.6) is 0 Å². The lowest BCUT2D eigenvalue weighted by atomic mass is 10.2. The van der Waals surface area contributed by atoms with Gasteiger partial charge in [0.15, 0.2) is 5.78 Å². The molecule has 0 unspecified atom stereocenters. The van der Waals surface area contributed by atoms with E-state index >= 15 is 0 Å². The minimum absolute atomic E-state index is 0.0809. The number of Topliss-reactive ketones (excluding diaryl/α,β-unsaturated/α-hetero) is 1. The zero-order chi connectivity index (χ0) is 9.14. The number of nitrogens with zero attached hydrogens (tertiary/aromatic N) is 1. The highest BCUT2D eigenvalue weighted by Crippen LogP contribution is 2.08. The van der Waals surface area contributed by atoms with Crippen LogP contribution in [0, 0.1) is 0 Å². The van der Waals surface area contributed by atoms with Crippen molar-refractivity contribution in [3.63, 3.8) is 0 Å². The van der Waals surface area contributed by atoms with Gasteiger partial charge in [0.05, 0.1) is 12.6 Å². The van der Waals surface area contributed by atoms with Gasteiger partial charge in [0.1, 0.15) is 0 Å². The van der Waals surface area contributed by atoms with E-state index in [1.54, 1.807) is 0 Å². The van der Waals surface area contributed by atoms with Gasteiger partial charge < -0.3 is 5.32 Å². The number of hydrogen-bond donors (Lipinski definition) is 1. The predicted octanol–water partition coefficient (Wildman–Crippen LogP) is 0.258. The van der Waals surface area contributed by atoms with E-state index < -0.39 is 0 Å². The summed E-state index contributed by atoms with van der Waals surface area (Å²) < 4.78 is 0. The number of ketones is 1. The van der Waals surface area contributed by atoms with Crippen LogP contribution in [0.15, 0.2) is 0 Å². The lowest BCUT2D eigenvalue weighted by molar-refractivity contribution is -0.118. The number of carbonyl (C=O) groups is 1. The van der Waals surface area contributed by atoms with Gasteiger partial charge in [-0.2, -0.15) is 0 Å². The summed E-state index contributed by atoms with van der Waals surface area (Å²) in [6, 6.07) is 0.565. The van der Waals surface area contributed by atoms with Crippen molar-refractivity contribution in [1.29, 1.82) is 0 Å². The number of hydrogen-bond acceptors (Lipinski definition) is 3. The van der Waals surface area contributed by atoms with Crippen molar-refractivity contribution in [2.45, 2.75) is 32.9 Å². The van der Waals surface area contributed by atoms with E-state index in [1.807, 2.05) is 6.92 Å². The van der Waals surface area contributed by atoms with E-state index in [9.17, 15) is 4.79 Å². The number of nitrogens with one attached hydrogen (secondary N) is 1. The average molecular weight is 170 g/mol. The molecule has 70 valence electrons. The molecule has 0 aromatic rings. The lowest BCUT2D eigenvalue weighted by Crippen LogP contribution is -2.37. The van der Waals surface area contributed by atoms with E-state index in [-0.39, 0.29) is 6.04 Å². The maximum Gasteiger partial charge on any atom is 0.164 e. The smallest absolute Gasteiger partial charge is 0.164 e. The summed E-state index contributed by atoms with van der Waals surface area (Å²) in [6.07, 6.45) is 0. The number of carbonyl (C=O) groups excluding carboxylic acids is 1. The van der Waals surface area contributed by atoms with Crippen molar-refractivity contribution in [3.8, 4) is 0 Å². The Morgan fingerprint density at radius 3 is 2.75 bits per heavy atom. The fourth-order valence-electron chi connectivity index (χ4n) is 1.53. The molecule has 1 aliphatic heterocycles. The van der Waals surface area contributed by atoms with Gasteiger partial charge >= 0.3 is 0 Å². The maximum absolute atomic E-state index is 11.4. The first-order valence-corrected chi connectivity index (χ1v) is 4.65. The van der Waals surface area contributed by atoms with Crippen molar-refractivity contribution in [1.82, 2.24) is 10.2 Å². The summed E-state index contributed by atoms with van der Waals surface area (Å²) in [5, 5.41) is 3.19. The van der Waals surface area contributed by atoms with Crippen LogP contribution in [0.1, 0.15) is 20.8 Å². The fraction of sp³-hybridized carbons (Fsp3) is 0.889. The van der Waals surface area contributed by atoms with Crippen LogP contribution in [0.4, 0.5) is 0 Å². The molecule has 3 nitrogen and oxygen atoms in total. The van der Waals surface area contributed by atoms with Gasteiger partial charge in [0, 0.05) is 12.6 Å². The molecule has 1 rings (SSSR count). The molecule has 0 saturated carbocycles. The SMILES string of the molecule is CCN[C@H]1CN(C(C)C)CC1=O. The summed E-state index contributed by atoms with van der Waals surface area (Å²) in [5.74, 6) is 0.338. The molecule has 0 aliphatic carbocycles. The summed E-state index contributed by atoms with van der Waals surface area (Å²) >= 11 is 0. The maximum atomic E-state index is 11.4. The monoisotopic (exact) mass is 170 g/mol. The Hall–Kier alpha value is -0.410. The predicted molar refractivity (Wildman–Crippen MR) is 49.2 cm³/mol. The molecule has 12 heavy (non-hydrogen) atoms. The lowest BCUT2D eigenvalue weighted by Gasteiger charge is -2.18. The molecule has 0 spiro atoms. The molecule has 0 bridgehead atoms. The Morgan fingerprint density at radius 2 is 2.33 bits per heavy atom. The van der Waals surface area contributed by atoms with Crippen LogP contribution in [-0.2, 0) is 4.79 Å². The minimum atomic E-state index is 0.0809. The Kier molecular flexibility index (Phi) is 3.23. The summed E-state index contributed by atoms with van der Waals surface area (Å²) in [6.45, 7) is 8.66. The van der Waals surface area contributed by atoms with Gasteiger partial charge in [0.25, 0.3) is 0 Å². The van der Waals surface area contributed by atoms with Crippen molar-refractivity contribution in [2.24, 2.45) is 0 Å². The number of likely N-dealkylation sites (N-methyl/N-ethyl adjacent to an activating group) is 1. The topological polar surface area (TPSA) is 32.3 Å². The third-order valence-corrected chi connectivity index (χ3v) is 2.35. The van der Waals surface area contributed by atoms with Crippen LogP contribution in [0.2, 0.25) is 0 Å². The van der Waals surface area contributed by atoms with Crippen LogP contribution in [0.25, 0.3) is 0 Å². The molecule has 1 heterocycles. The van der Waals surface area contributed by atoms with Gasteiger partial charge in [-0.25, -0.2) is 0 Å². The molecule has 3 heteroatoms. The third-order valence-electron chi connectivity index (χ3n) is 2.35. The molecule has 1 atom stereocenters. The van der Waals surface area contributed by atoms with E-state index in [2.05, 4.69) is 24.1 Å². The minimum Gasteiger partial charge on any atom is -0.307 e. The molecule has 1 fully saturated rings. The Morgan fingerprint density at radius 1 is 1.67 bits per heavy atom. The average Bonchev–Trinajstić information content (AvgIpc) is 2.34. The van der Waals surface area contributed by atoms with E-state index in [0.29, 0.717) is 18.4 Å². The van der Waals surface area contributed by atoms with Crippen LogP contribution in [-0.4, -0.2) is 42.4 Å². The Bertz CT molecular complexity index is 168. The molecule has 0 aromatic carbocycles. The van der Waals surface area contributed by atoms with Crippen LogP contribution >= 0.6 is 0 Å². The highest BCUT2D eigenvalue weighted by atomic mass is 16.1. The normalized spacial score (nSPS) is 25.7. The highest BCUT2D eigenvalue weighted by molar-refractivity contribution is 5.88.